The van der Waals surface area contributed by atoms with Crippen LogP contribution in [-0.4, -0.2) is 55.3 Å². The molecule has 1 saturated heterocycles. The number of aromatic amines is 1. The minimum absolute atomic E-state index is 0.00981. The summed E-state index contributed by atoms with van der Waals surface area (Å²) in [6.45, 7) is -0.192. The molecule has 1 unspecified atom stereocenters. The Labute approximate surface area is 197 Å². The molecule has 2 heterocycles. The molecule has 32 heavy (non-hydrogen) atoms. The average molecular weight is 542 g/mol. The zero-order chi connectivity index (χ0) is 23.0. The smallest absolute Gasteiger partial charge is 0.266 e. The third kappa shape index (κ3) is 4.39. The number of halogens is 2. The number of fused-ring (bicyclic) bond motifs is 1. The Morgan fingerprint density at radius 3 is 2.62 bits per heavy atom. The van der Waals surface area contributed by atoms with Gasteiger partial charge in [-0.05, 0) is 42.5 Å². The van der Waals surface area contributed by atoms with Crippen molar-refractivity contribution in [2.24, 2.45) is 5.73 Å². The fraction of sp³-hybridized carbons (Fsp3) is 0.200. The summed E-state index contributed by atoms with van der Waals surface area (Å²) in [6.07, 6.45) is -1.04. The Balaban J connectivity index is 1.64. The lowest BCUT2D eigenvalue weighted by molar-refractivity contribution is -0.130. The van der Waals surface area contributed by atoms with Crippen molar-refractivity contribution in [2.75, 3.05) is 25.0 Å². The van der Waals surface area contributed by atoms with E-state index < -0.39 is 27.9 Å². The van der Waals surface area contributed by atoms with E-state index in [1.165, 1.54) is 0 Å². The first kappa shape index (κ1) is 22.7. The highest BCUT2D eigenvalue weighted by molar-refractivity contribution is 9.10. The van der Waals surface area contributed by atoms with Crippen LogP contribution in [0.1, 0.15) is 10.5 Å². The molecule has 9 nitrogen and oxygen atoms in total. The highest BCUT2D eigenvalue weighted by atomic mass is 79.9. The maximum Gasteiger partial charge on any atom is 0.266 e. The first-order valence-electron chi connectivity index (χ1n) is 9.46. The van der Waals surface area contributed by atoms with E-state index in [1.54, 1.807) is 42.5 Å². The first-order valence-corrected chi connectivity index (χ1v) is 12.1. The zero-order valence-corrected chi connectivity index (χ0v) is 19.6. The number of carbonyl (C=O) groups excluding carboxylic acids is 2. The van der Waals surface area contributed by atoms with Crippen LogP contribution in [0.3, 0.4) is 0 Å². The van der Waals surface area contributed by atoms with E-state index >= 15 is 0 Å². The molecule has 0 bridgehead atoms. The van der Waals surface area contributed by atoms with Crippen molar-refractivity contribution < 1.29 is 22.7 Å². The summed E-state index contributed by atoms with van der Waals surface area (Å²) in [5.41, 5.74) is 6.19. The zero-order valence-electron chi connectivity index (χ0n) is 16.5. The molecule has 3 aromatic rings. The molecule has 1 aromatic heterocycles. The number of hydrogen-bond donors (Lipinski definition) is 3. The Morgan fingerprint density at radius 1 is 1.22 bits per heavy atom. The van der Waals surface area contributed by atoms with Gasteiger partial charge < -0.3 is 20.8 Å². The lowest BCUT2D eigenvalue weighted by atomic mass is 10.2. The van der Waals surface area contributed by atoms with Gasteiger partial charge in [0.15, 0.2) is 0 Å². The van der Waals surface area contributed by atoms with E-state index in [0.29, 0.717) is 26.1 Å². The summed E-state index contributed by atoms with van der Waals surface area (Å²) in [5, 5.41) is 3.52. The normalized spacial score (nSPS) is 17.4. The van der Waals surface area contributed by atoms with E-state index in [9.17, 15) is 18.0 Å². The topological polar surface area (TPSA) is 135 Å². The second-order valence-corrected chi connectivity index (χ2v) is 10.3. The Morgan fingerprint density at radius 2 is 1.94 bits per heavy atom. The molecular weight excluding hydrogens is 524 g/mol. The summed E-state index contributed by atoms with van der Waals surface area (Å²) >= 11 is 9.17. The number of nitrogens with two attached hydrogens (primary N) is 1. The van der Waals surface area contributed by atoms with E-state index in [1.807, 2.05) is 0 Å². The predicted molar refractivity (Wildman–Crippen MR) is 123 cm³/mol. The number of nitrogens with zero attached hydrogens (tertiary/aromatic N) is 1. The number of ether oxygens (including phenoxy) is 1. The second-order valence-electron chi connectivity index (χ2n) is 7.10. The number of amides is 2. The first-order chi connectivity index (χ1) is 15.2. The quantitative estimate of drug-likeness (QED) is 0.457. The van der Waals surface area contributed by atoms with Crippen LogP contribution in [0, 0.1) is 0 Å². The standard InChI is InChI=1S/C20H18BrClN4O5S/c21-11-1-6-15-14(9-11)18(17(25-15)19(23)27)32(29,30)26-7-8-31-16(10-26)20(28)24-13-4-2-12(22)3-5-13/h1-6,9,16,25H,7-8,10H2,(H2,23,27)(H,24,28). The van der Waals surface area contributed by atoms with E-state index in [-0.39, 0.29) is 30.3 Å². The van der Waals surface area contributed by atoms with Crippen LogP contribution in [0.2, 0.25) is 5.02 Å². The molecule has 0 radical (unpaired) electrons. The van der Waals surface area contributed by atoms with Crippen LogP contribution in [0.25, 0.3) is 10.9 Å². The van der Waals surface area contributed by atoms with Gasteiger partial charge in [-0.25, -0.2) is 8.42 Å². The summed E-state index contributed by atoms with van der Waals surface area (Å²) in [6, 6.07) is 11.4. The Hall–Kier alpha value is -2.44. The number of morpholine rings is 1. The molecular formula is C20H18BrClN4O5S. The number of rotatable bonds is 5. The fourth-order valence-corrected chi connectivity index (χ4v) is 5.72. The van der Waals surface area contributed by atoms with Gasteiger partial charge >= 0.3 is 0 Å². The molecule has 12 heteroatoms. The molecule has 4 N–H and O–H groups in total. The predicted octanol–water partition coefficient (Wildman–Crippen LogP) is 2.71. The van der Waals surface area contributed by atoms with E-state index in [2.05, 4.69) is 26.2 Å². The molecule has 2 aromatic carbocycles. The number of nitrogens with one attached hydrogen (secondary N) is 2. The number of primary amides is 1. The van der Waals surface area contributed by atoms with Crippen LogP contribution in [0.4, 0.5) is 5.69 Å². The van der Waals surface area contributed by atoms with Gasteiger partial charge in [0.1, 0.15) is 16.7 Å². The van der Waals surface area contributed by atoms with Crippen LogP contribution < -0.4 is 11.1 Å². The molecule has 4 rings (SSSR count). The van der Waals surface area contributed by atoms with Crippen LogP contribution >= 0.6 is 27.5 Å². The lowest BCUT2D eigenvalue weighted by Gasteiger charge is -2.31. The van der Waals surface area contributed by atoms with Crippen molar-refractivity contribution >= 4 is 66.0 Å². The summed E-state index contributed by atoms with van der Waals surface area (Å²) in [7, 11) is -4.18. The van der Waals surface area contributed by atoms with Gasteiger partial charge in [0.25, 0.3) is 11.8 Å². The average Bonchev–Trinajstić information content (AvgIpc) is 3.15. The number of anilines is 1. The van der Waals surface area contributed by atoms with Gasteiger partial charge in [-0.1, -0.05) is 27.5 Å². The van der Waals surface area contributed by atoms with Gasteiger partial charge in [0.2, 0.25) is 10.0 Å². The lowest BCUT2D eigenvalue weighted by Crippen LogP contribution is -2.50. The molecule has 0 spiro atoms. The highest BCUT2D eigenvalue weighted by Gasteiger charge is 2.37. The van der Waals surface area contributed by atoms with Crippen molar-refractivity contribution in [1.82, 2.24) is 9.29 Å². The molecule has 0 aliphatic carbocycles. The molecule has 1 aliphatic rings. The van der Waals surface area contributed by atoms with E-state index in [4.69, 9.17) is 22.1 Å². The molecule has 168 valence electrons. The third-order valence-corrected chi connectivity index (χ3v) is 7.69. The Kier molecular flexibility index (Phi) is 6.28. The van der Waals surface area contributed by atoms with Crippen LogP contribution in [0.15, 0.2) is 51.8 Å². The number of sulfonamides is 1. The fourth-order valence-electron chi connectivity index (χ4n) is 3.47. The molecule has 0 saturated carbocycles. The minimum atomic E-state index is -4.18. The minimum Gasteiger partial charge on any atom is -0.366 e. The number of H-pyrrole nitrogens is 1. The van der Waals surface area contributed by atoms with Crippen molar-refractivity contribution in [2.45, 2.75) is 11.0 Å². The molecule has 1 fully saturated rings. The molecule has 2 amide bonds. The van der Waals surface area contributed by atoms with Gasteiger partial charge in [0, 0.05) is 39.2 Å². The maximum atomic E-state index is 13.5. The third-order valence-electron chi connectivity index (χ3n) is 4.99. The summed E-state index contributed by atoms with van der Waals surface area (Å²) in [5.74, 6) is -1.40. The van der Waals surface area contributed by atoms with Crippen molar-refractivity contribution in [3.05, 3.63) is 57.7 Å². The number of carbonyl (C=O) groups is 2. The monoisotopic (exact) mass is 540 g/mol. The maximum absolute atomic E-state index is 13.5. The van der Waals surface area contributed by atoms with Gasteiger partial charge in [-0.3, -0.25) is 9.59 Å². The summed E-state index contributed by atoms with van der Waals surface area (Å²) in [4.78, 5) is 27.2. The van der Waals surface area contributed by atoms with Crippen molar-refractivity contribution in [3.8, 4) is 0 Å². The van der Waals surface area contributed by atoms with Crippen LogP contribution in [-0.2, 0) is 19.6 Å². The number of aromatic nitrogens is 1. The number of benzene rings is 2. The van der Waals surface area contributed by atoms with Crippen molar-refractivity contribution in [3.63, 3.8) is 0 Å². The van der Waals surface area contributed by atoms with Gasteiger partial charge in [0.05, 0.1) is 6.61 Å². The second kappa shape index (κ2) is 8.83. The largest absolute Gasteiger partial charge is 0.366 e. The van der Waals surface area contributed by atoms with Gasteiger partial charge in [-0.15, -0.1) is 0 Å². The SMILES string of the molecule is NC(=O)c1[nH]c2ccc(Br)cc2c1S(=O)(=O)N1CCOC(C(=O)Nc2ccc(Cl)cc2)C1. The van der Waals surface area contributed by atoms with Crippen LogP contribution in [0.5, 0.6) is 0 Å². The molecule has 1 aliphatic heterocycles. The highest BCUT2D eigenvalue weighted by Crippen LogP contribution is 2.32. The molecule has 1 atom stereocenters. The number of hydrogen-bond acceptors (Lipinski definition) is 5. The Bertz CT molecular complexity index is 1310. The van der Waals surface area contributed by atoms with Gasteiger partial charge in [-0.2, -0.15) is 4.31 Å². The van der Waals surface area contributed by atoms with Crippen molar-refractivity contribution in [1.29, 1.82) is 0 Å². The van der Waals surface area contributed by atoms with E-state index in [0.717, 1.165) is 4.31 Å². The summed E-state index contributed by atoms with van der Waals surface area (Å²) < 4.78 is 34.4.